The number of benzodiazepines with no additional fused rings is 1. The number of benzene rings is 2. The number of nitrogens with zero attached hydrogens (tertiary/aromatic N) is 1. The molecule has 0 fully saturated rings. The maximum absolute atomic E-state index is 13.9. The number of para-hydroxylation sites is 1. The van der Waals surface area contributed by atoms with Crippen LogP contribution in [-0.2, 0) is 20.6 Å². The van der Waals surface area contributed by atoms with Crippen molar-refractivity contribution in [1.29, 1.82) is 0 Å². The third kappa shape index (κ3) is 9.19. The number of anilines is 1. The number of rotatable bonds is 10. The predicted molar refractivity (Wildman–Crippen MR) is 140 cm³/mol. The van der Waals surface area contributed by atoms with Crippen LogP contribution in [0.1, 0.15) is 54.4 Å². The van der Waals surface area contributed by atoms with Crippen molar-refractivity contribution in [3.63, 3.8) is 0 Å². The Labute approximate surface area is 245 Å². The summed E-state index contributed by atoms with van der Waals surface area (Å²) in [6.45, 7) is 1.67. The molecule has 16 heteroatoms. The first-order chi connectivity index (χ1) is 20.3. The molecular weight excluding hydrogens is 611 g/mol. The molecule has 2 aromatic carbocycles. The molecule has 0 aliphatic carbocycles. The van der Waals surface area contributed by atoms with Crippen LogP contribution in [0.15, 0.2) is 47.5 Å². The van der Waals surface area contributed by atoms with E-state index in [0.717, 1.165) is 6.07 Å². The van der Waals surface area contributed by atoms with Gasteiger partial charge in [0.1, 0.15) is 0 Å². The quantitative estimate of drug-likeness (QED) is 0.276. The zero-order valence-corrected chi connectivity index (χ0v) is 23.0. The van der Waals surface area contributed by atoms with Crippen LogP contribution in [0.25, 0.3) is 0 Å². The van der Waals surface area contributed by atoms with E-state index >= 15 is 0 Å². The molecule has 2 aromatic rings. The van der Waals surface area contributed by atoms with Crippen molar-refractivity contribution in [3.8, 4) is 0 Å². The van der Waals surface area contributed by atoms with Crippen molar-refractivity contribution < 1.29 is 53.9 Å². The summed E-state index contributed by atoms with van der Waals surface area (Å²) in [4.78, 5) is 42.9. The molecule has 0 aromatic heterocycles. The fraction of sp³-hybridized carbons (Fsp3) is 0.429. The van der Waals surface area contributed by atoms with Crippen LogP contribution in [0.2, 0.25) is 0 Å². The van der Waals surface area contributed by atoms with Crippen molar-refractivity contribution in [3.05, 3.63) is 64.7 Å². The van der Waals surface area contributed by atoms with Gasteiger partial charge < -0.3 is 16.4 Å². The zero-order valence-electron chi connectivity index (χ0n) is 23.0. The molecule has 0 spiro atoms. The largest absolute Gasteiger partial charge is 0.418 e. The standard InChI is InChI=1S/C28H27F9N4O3/c1-14-5-2-6-15(13-14)20-18-7-3-9-19(28(35,36)37)21(18)40-25(44)23(39-20)41-24(43)17(8-4-11-26(29,30)31)16(22(38)42)10-12-27(32,33)34/h2-3,5-7,9,13,16-17,23H,4,8,10-12H2,1H3,(H2,38,42)(H,40,44)(H,41,43)/t16-,17+,23+/m0/s1. The van der Waals surface area contributed by atoms with Crippen LogP contribution >= 0.6 is 0 Å². The first kappa shape index (κ1) is 34.4. The van der Waals surface area contributed by atoms with Gasteiger partial charge in [-0.15, -0.1) is 0 Å². The van der Waals surface area contributed by atoms with Gasteiger partial charge in [-0.25, -0.2) is 4.99 Å². The van der Waals surface area contributed by atoms with Gasteiger partial charge in [-0.05, 0) is 38.3 Å². The van der Waals surface area contributed by atoms with E-state index in [2.05, 4.69) is 15.6 Å². The second-order valence-corrected chi connectivity index (χ2v) is 10.3. The van der Waals surface area contributed by atoms with E-state index in [0.29, 0.717) is 11.6 Å². The van der Waals surface area contributed by atoms with Crippen LogP contribution in [0.4, 0.5) is 45.2 Å². The number of halogens is 9. The van der Waals surface area contributed by atoms with Crippen molar-refractivity contribution in [1.82, 2.24) is 5.32 Å². The third-order valence-electron chi connectivity index (χ3n) is 6.85. The third-order valence-corrected chi connectivity index (χ3v) is 6.85. The van der Waals surface area contributed by atoms with Crippen LogP contribution in [0, 0.1) is 18.8 Å². The zero-order chi connectivity index (χ0) is 33.0. The van der Waals surface area contributed by atoms with Crippen molar-refractivity contribution in [2.75, 3.05) is 5.32 Å². The van der Waals surface area contributed by atoms with Gasteiger partial charge in [-0.2, -0.15) is 39.5 Å². The number of hydrogen-bond acceptors (Lipinski definition) is 4. The Morgan fingerprint density at radius 1 is 0.932 bits per heavy atom. The molecule has 3 amide bonds. The lowest BCUT2D eigenvalue weighted by Crippen LogP contribution is -2.48. The summed E-state index contributed by atoms with van der Waals surface area (Å²) in [7, 11) is 0. The van der Waals surface area contributed by atoms with Crippen LogP contribution in [-0.4, -0.2) is 42.0 Å². The molecule has 0 radical (unpaired) electrons. The molecule has 240 valence electrons. The van der Waals surface area contributed by atoms with Gasteiger partial charge in [0.2, 0.25) is 18.0 Å². The SMILES string of the molecule is Cc1cccc(C2=N[C@H](NC(=O)[C@H](CCCC(F)(F)F)[C@H](CCC(F)(F)F)C(N)=O)C(=O)Nc3c2cccc3C(F)(F)F)c1. The molecule has 4 N–H and O–H groups in total. The summed E-state index contributed by atoms with van der Waals surface area (Å²) in [5.74, 6) is -7.73. The summed E-state index contributed by atoms with van der Waals surface area (Å²) < 4.78 is 119. The molecule has 1 aliphatic heterocycles. The van der Waals surface area contributed by atoms with Gasteiger partial charge in [0.15, 0.2) is 0 Å². The fourth-order valence-electron chi connectivity index (χ4n) is 4.83. The van der Waals surface area contributed by atoms with E-state index in [1.54, 1.807) is 19.1 Å². The molecule has 7 nitrogen and oxygen atoms in total. The molecule has 3 rings (SSSR count). The van der Waals surface area contributed by atoms with Gasteiger partial charge in [-0.1, -0.05) is 35.9 Å². The lowest BCUT2D eigenvalue weighted by molar-refractivity contribution is -0.147. The number of nitrogens with one attached hydrogen (secondary N) is 2. The van der Waals surface area contributed by atoms with Crippen LogP contribution in [0.5, 0.6) is 0 Å². The number of aryl methyl sites for hydroxylation is 1. The smallest absolute Gasteiger partial charge is 0.369 e. The summed E-state index contributed by atoms with van der Waals surface area (Å²) in [5, 5.41) is 4.20. The lowest BCUT2D eigenvalue weighted by atomic mass is 9.83. The average Bonchev–Trinajstić information content (AvgIpc) is 3.01. The van der Waals surface area contributed by atoms with E-state index in [1.807, 2.05) is 0 Å². The minimum atomic E-state index is -4.93. The Morgan fingerprint density at radius 3 is 2.14 bits per heavy atom. The minimum Gasteiger partial charge on any atom is -0.369 e. The fourth-order valence-corrected chi connectivity index (χ4v) is 4.83. The number of carbonyl (C=O) groups excluding carboxylic acids is 3. The Morgan fingerprint density at radius 2 is 1.57 bits per heavy atom. The van der Waals surface area contributed by atoms with Gasteiger partial charge >= 0.3 is 18.5 Å². The Bertz CT molecular complexity index is 1420. The van der Waals surface area contributed by atoms with Gasteiger partial charge in [0.25, 0.3) is 5.91 Å². The monoisotopic (exact) mass is 638 g/mol. The highest BCUT2D eigenvalue weighted by Crippen LogP contribution is 2.39. The molecule has 0 saturated heterocycles. The molecule has 0 saturated carbocycles. The first-order valence-corrected chi connectivity index (χ1v) is 13.2. The molecular formula is C28H27F9N4O3. The topological polar surface area (TPSA) is 114 Å². The number of carbonyl (C=O) groups is 3. The first-order valence-electron chi connectivity index (χ1n) is 13.2. The second-order valence-electron chi connectivity index (χ2n) is 10.3. The van der Waals surface area contributed by atoms with Crippen molar-refractivity contribution >= 4 is 29.1 Å². The molecule has 1 heterocycles. The highest BCUT2D eigenvalue weighted by molar-refractivity contribution is 6.20. The highest BCUT2D eigenvalue weighted by Gasteiger charge is 2.41. The second kappa shape index (κ2) is 13.3. The number of alkyl halides is 9. The Kier molecular flexibility index (Phi) is 10.4. The van der Waals surface area contributed by atoms with E-state index in [-0.39, 0.29) is 16.8 Å². The summed E-state index contributed by atoms with van der Waals surface area (Å²) in [5.41, 5.74) is 3.89. The summed E-state index contributed by atoms with van der Waals surface area (Å²) in [6, 6.07) is 9.28. The molecule has 0 bridgehead atoms. The average molecular weight is 639 g/mol. The van der Waals surface area contributed by atoms with Crippen LogP contribution < -0.4 is 16.4 Å². The maximum atomic E-state index is 13.9. The van der Waals surface area contributed by atoms with Gasteiger partial charge in [0.05, 0.1) is 17.0 Å². The Hall–Kier alpha value is -4.11. The predicted octanol–water partition coefficient (Wildman–Crippen LogP) is 6.04. The van der Waals surface area contributed by atoms with Gasteiger partial charge in [0, 0.05) is 35.8 Å². The number of amides is 3. The summed E-state index contributed by atoms with van der Waals surface area (Å²) >= 11 is 0. The van der Waals surface area contributed by atoms with E-state index < -0.39 is 97.6 Å². The lowest BCUT2D eigenvalue weighted by Gasteiger charge is -2.26. The number of fused-ring (bicyclic) bond motifs is 1. The molecule has 44 heavy (non-hydrogen) atoms. The molecule has 0 unspecified atom stereocenters. The van der Waals surface area contributed by atoms with Crippen LogP contribution in [0.3, 0.4) is 0 Å². The van der Waals surface area contributed by atoms with Crippen molar-refractivity contribution in [2.45, 2.75) is 63.7 Å². The minimum absolute atomic E-state index is 0.169. The number of hydrogen-bond donors (Lipinski definition) is 3. The van der Waals surface area contributed by atoms with Gasteiger partial charge in [-0.3, -0.25) is 14.4 Å². The normalized spacial score (nSPS) is 17.1. The summed E-state index contributed by atoms with van der Waals surface area (Å²) in [6.07, 6.45) is -22.0. The number of nitrogens with two attached hydrogens (primary N) is 1. The molecule has 3 atom stereocenters. The number of primary amides is 1. The number of aliphatic imine (C=N–C) groups is 1. The van der Waals surface area contributed by atoms with E-state index in [4.69, 9.17) is 5.73 Å². The van der Waals surface area contributed by atoms with Crippen molar-refractivity contribution in [2.24, 2.45) is 22.6 Å². The highest BCUT2D eigenvalue weighted by atomic mass is 19.4. The Balaban J connectivity index is 2.06. The van der Waals surface area contributed by atoms with E-state index in [1.165, 1.54) is 18.2 Å². The molecule has 1 aliphatic rings. The maximum Gasteiger partial charge on any atom is 0.418 e. The van der Waals surface area contributed by atoms with E-state index in [9.17, 15) is 53.9 Å².